The molecule has 5 nitrogen and oxygen atoms in total. The number of hydrogen-bond donors (Lipinski definition) is 5. The Kier molecular flexibility index (Phi) is 7.77. The molecule has 0 aromatic carbocycles. The highest BCUT2D eigenvalue weighted by Gasteiger charge is 1.76. The normalized spacial score (nSPS) is 6.00. The van der Waals surface area contributed by atoms with Gasteiger partial charge >= 0.3 is 0 Å². The van der Waals surface area contributed by atoms with Gasteiger partial charge in [-0.05, 0) is 12.2 Å². The molecule has 0 aromatic heterocycles. The van der Waals surface area contributed by atoms with Crippen LogP contribution in [0.1, 0.15) is 0 Å². The molecule has 6 heteroatoms. The second kappa shape index (κ2) is 5.57. The lowest BCUT2D eigenvalue weighted by atomic mass is 11.2. The Bertz CT molecular complexity index is 46.0. The Morgan fingerprint density at radius 3 is 1.57 bits per heavy atom. The number of hydrazine groups is 2. The van der Waals surface area contributed by atoms with Crippen molar-refractivity contribution in [2.75, 3.05) is 0 Å². The van der Waals surface area contributed by atoms with Gasteiger partial charge in [0.2, 0.25) is 0 Å². The molecule has 0 heterocycles. The van der Waals surface area contributed by atoms with Gasteiger partial charge in [0.15, 0.2) is 5.11 Å². The van der Waals surface area contributed by atoms with Gasteiger partial charge in [-0.25, -0.2) is 11.7 Å². The summed E-state index contributed by atoms with van der Waals surface area (Å²) in [5.74, 6) is 9.50. The van der Waals surface area contributed by atoms with Crippen molar-refractivity contribution in [1.29, 1.82) is 0 Å². The van der Waals surface area contributed by atoms with E-state index in [0.717, 1.165) is 0 Å². The minimum absolute atomic E-state index is 0. The molecule has 9 N–H and O–H groups in total. The van der Waals surface area contributed by atoms with Crippen molar-refractivity contribution < 1.29 is 0 Å². The molecule has 0 atom stereocenters. The molecule has 7 heavy (non-hydrogen) atoms. The highest BCUT2D eigenvalue weighted by Crippen LogP contribution is 1.47. The van der Waals surface area contributed by atoms with E-state index in [4.69, 9.17) is 11.7 Å². The average Bonchev–Trinajstić information content (AvgIpc) is 1.65. The number of nitrogens with one attached hydrogen (secondary N) is 2. The van der Waals surface area contributed by atoms with Gasteiger partial charge in [0.25, 0.3) is 0 Å². The molecule has 0 radical (unpaired) electrons. The highest BCUT2D eigenvalue weighted by molar-refractivity contribution is 7.80. The first-order valence-corrected chi connectivity index (χ1v) is 1.69. The molecule has 0 saturated carbocycles. The molecular weight excluding hydrogens is 114 g/mol. The van der Waals surface area contributed by atoms with E-state index in [1.165, 1.54) is 0 Å². The third-order valence-electron chi connectivity index (χ3n) is 0.262. The summed E-state index contributed by atoms with van der Waals surface area (Å²) in [5, 5.41) is 0.231. The molecule has 0 aliphatic rings. The first kappa shape index (κ1) is 9.76. The van der Waals surface area contributed by atoms with Crippen molar-refractivity contribution >= 4 is 17.3 Å². The summed E-state index contributed by atoms with van der Waals surface area (Å²) in [5.41, 5.74) is 4.22. The minimum atomic E-state index is 0. The fourth-order valence-electron chi connectivity index (χ4n) is 0.0417. The number of nitrogens with two attached hydrogens (primary N) is 2. The van der Waals surface area contributed by atoms with Crippen LogP contribution >= 0.6 is 12.2 Å². The minimum Gasteiger partial charge on any atom is -0.344 e. The van der Waals surface area contributed by atoms with Gasteiger partial charge in [-0.1, -0.05) is 0 Å². The number of thiocarbonyl (C=S) groups is 1. The van der Waals surface area contributed by atoms with Crippen molar-refractivity contribution in [3.05, 3.63) is 0 Å². The van der Waals surface area contributed by atoms with Crippen LogP contribution in [0.15, 0.2) is 0 Å². The summed E-state index contributed by atoms with van der Waals surface area (Å²) in [6, 6.07) is 0. The Morgan fingerprint density at radius 2 is 1.57 bits per heavy atom. The van der Waals surface area contributed by atoms with Crippen molar-refractivity contribution in [1.82, 2.24) is 17.0 Å². The van der Waals surface area contributed by atoms with E-state index in [-0.39, 0.29) is 11.3 Å². The van der Waals surface area contributed by atoms with Crippen molar-refractivity contribution in [3.63, 3.8) is 0 Å². The fourth-order valence-corrected chi connectivity index (χ4v) is 0.0417. The molecule has 0 amide bonds. The van der Waals surface area contributed by atoms with Gasteiger partial charge < -0.3 is 6.15 Å². The van der Waals surface area contributed by atoms with E-state index < -0.39 is 0 Å². The Labute approximate surface area is 47.0 Å². The van der Waals surface area contributed by atoms with Crippen LogP contribution in [0.25, 0.3) is 0 Å². The van der Waals surface area contributed by atoms with E-state index in [1.54, 1.807) is 0 Å². The summed E-state index contributed by atoms with van der Waals surface area (Å²) in [4.78, 5) is 0. The molecule has 0 aliphatic heterocycles. The van der Waals surface area contributed by atoms with Crippen LogP contribution in [0.5, 0.6) is 0 Å². The van der Waals surface area contributed by atoms with E-state index >= 15 is 0 Å². The molecule has 0 aromatic rings. The molecule has 0 unspecified atom stereocenters. The smallest absolute Gasteiger partial charge is 0.194 e. The molecule has 0 rings (SSSR count). The second-order valence-electron chi connectivity index (χ2n) is 0.618. The van der Waals surface area contributed by atoms with E-state index in [1.807, 2.05) is 0 Å². The fraction of sp³-hybridized carbons (Fsp3) is 0. The maximum absolute atomic E-state index is 4.75. The average molecular weight is 123 g/mol. The largest absolute Gasteiger partial charge is 0.344 e. The zero-order valence-corrected chi connectivity index (χ0v) is 4.59. The monoisotopic (exact) mass is 123 g/mol. The Hall–Kier alpha value is -0.430. The lowest BCUT2D eigenvalue weighted by molar-refractivity contribution is 0.926. The molecule has 0 fully saturated rings. The molecule has 44 valence electrons. The van der Waals surface area contributed by atoms with Crippen LogP contribution in [0.2, 0.25) is 0 Å². The van der Waals surface area contributed by atoms with Gasteiger partial charge in [0, 0.05) is 0 Å². The summed E-state index contributed by atoms with van der Waals surface area (Å²) in [6.07, 6.45) is 0. The van der Waals surface area contributed by atoms with Crippen LogP contribution in [0.4, 0.5) is 0 Å². The lowest BCUT2D eigenvalue weighted by Crippen LogP contribution is -2.43. The summed E-state index contributed by atoms with van der Waals surface area (Å²) < 4.78 is 0. The van der Waals surface area contributed by atoms with Crippen molar-refractivity contribution in [2.45, 2.75) is 0 Å². The molecule has 0 bridgehead atoms. The lowest BCUT2D eigenvalue weighted by Gasteiger charge is -1.95. The Morgan fingerprint density at radius 1 is 1.29 bits per heavy atom. The maximum atomic E-state index is 4.75. The number of hydrogen-bond acceptors (Lipinski definition) is 4. The summed E-state index contributed by atoms with van der Waals surface area (Å²) >= 11 is 4.38. The van der Waals surface area contributed by atoms with E-state index in [9.17, 15) is 0 Å². The predicted molar refractivity (Wildman–Crippen MR) is 32.3 cm³/mol. The van der Waals surface area contributed by atoms with Gasteiger partial charge in [0.05, 0.1) is 0 Å². The molecule has 0 spiro atoms. The van der Waals surface area contributed by atoms with Gasteiger partial charge in [-0.2, -0.15) is 0 Å². The quantitative estimate of drug-likeness (QED) is 0.150. The standard InChI is InChI=1S/CH6N4S.H3N/c2-4-1(6)5-3;/h2-3H2,(H2,4,5,6);1H3. The van der Waals surface area contributed by atoms with Gasteiger partial charge in [0.1, 0.15) is 0 Å². The number of rotatable bonds is 0. The summed E-state index contributed by atoms with van der Waals surface area (Å²) in [7, 11) is 0. The zero-order valence-electron chi connectivity index (χ0n) is 3.77. The zero-order chi connectivity index (χ0) is 4.99. The first-order valence-electron chi connectivity index (χ1n) is 1.28. The van der Waals surface area contributed by atoms with Crippen LogP contribution < -0.4 is 28.7 Å². The SMILES string of the molecule is N.NNC(=S)NN. The molecular formula is CH9N5S. The first-order chi connectivity index (χ1) is 2.81. The highest BCUT2D eigenvalue weighted by atomic mass is 32.1. The van der Waals surface area contributed by atoms with Crippen LogP contribution in [-0.4, -0.2) is 5.11 Å². The summed E-state index contributed by atoms with van der Waals surface area (Å²) in [6.45, 7) is 0. The van der Waals surface area contributed by atoms with Gasteiger partial charge in [-0.3, -0.25) is 10.9 Å². The van der Waals surface area contributed by atoms with Gasteiger partial charge in [-0.15, -0.1) is 0 Å². The van der Waals surface area contributed by atoms with Crippen LogP contribution in [0.3, 0.4) is 0 Å². The third kappa shape index (κ3) is 5.57. The second-order valence-corrected chi connectivity index (χ2v) is 1.03. The predicted octanol–water partition coefficient (Wildman–Crippen LogP) is -1.64. The van der Waals surface area contributed by atoms with Crippen molar-refractivity contribution in [2.24, 2.45) is 11.7 Å². The van der Waals surface area contributed by atoms with Crippen molar-refractivity contribution in [3.8, 4) is 0 Å². The van der Waals surface area contributed by atoms with E-state index in [2.05, 4.69) is 23.1 Å². The van der Waals surface area contributed by atoms with E-state index in [0.29, 0.717) is 0 Å². The van der Waals surface area contributed by atoms with Crippen LogP contribution in [-0.2, 0) is 0 Å². The topological polar surface area (TPSA) is 111 Å². The molecule has 0 aliphatic carbocycles. The Balaban J connectivity index is 0. The molecule has 0 saturated heterocycles. The van der Waals surface area contributed by atoms with Crippen LogP contribution in [0, 0.1) is 0 Å². The maximum Gasteiger partial charge on any atom is 0.194 e. The third-order valence-corrected chi connectivity index (χ3v) is 0.498.